The van der Waals surface area contributed by atoms with Crippen molar-refractivity contribution in [1.29, 1.82) is 0 Å². The second kappa shape index (κ2) is 7.16. The first-order valence-corrected chi connectivity index (χ1v) is 10.1. The summed E-state index contributed by atoms with van der Waals surface area (Å²) < 4.78 is 0. The minimum atomic E-state index is -0.0626. The fraction of sp³-hybridized carbons (Fsp3) is 0.333. The predicted octanol–water partition coefficient (Wildman–Crippen LogP) is 4.38. The summed E-state index contributed by atoms with van der Waals surface area (Å²) in [6, 6.07) is 16.1. The fourth-order valence-electron chi connectivity index (χ4n) is 3.24. The maximum absolute atomic E-state index is 12.6. The Balaban J connectivity index is 1.61. The van der Waals surface area contributed by atoms with Crippen LogP contribution in [0.15, 0.2) is 48.5 Å². The van der Waals surface area contributed by atoms with E-state index < -0.39 is 0 Å². The van der Waals surface area contributed by atoms with Crippen molar-refractivity contribution in [3.8, 4) is 0 Å². The summed E-state index contributed by atoms with van der Waals surface area (Å²) in [5.41, 5.74) is 4.01. The van der Waals surface area contributed by atoms with E-state index in [-0.39, 0.29) is 23.1 Å². The molecule has 0 unspecified atom stereocenters. The summed E-state index contributed by atoms with van der Waals surface area (Å²) >= 11 is 1.63. The molecule has 1 saturated carbocycles. The SMILES string of the molecule is CCc1cccc(N2C(=O)CS[C@@H]2c2cccc(NC(=O)C3CC3)c2)c1. The third-order valence-electron chi connectivity index (χ3n) is 4.85. The molecule has 26 heavy (non-hydrogen) atoms. The van der Waals surface area contributed by atoms with Crippen molar-refractivity contribution in [3.63, 3.8) is 0 Å². The monoisotopic (exact) mass is 366 g/mol. The van der Waals surface area contributed by atoms with Crippen LogP contribution in [0.4, 0.5) is 11.4 Å². The van der Waals surface area contributed by atoms with Gasteiger partial charge in [-0.2, -0.15) is 0 Å². The molecule has 0 spiro atoms. The number of hydrogen-bond acceptors (Lipinski definition) is 3. The normalized spacial score (nSPS) is 19.7. The zero-order chi connectivity index (χ0) is 18.1. The van der Waals surface area contributed by atoms with E-state index >= 15 is 0 Å². The molecule has 1 aliphatic heterocycles. The lowest BCUT2D eigenvalue weighted by molar-refractivity contribution is -0.117. The van der Waals surface area contributed by atoms with E-state index in [0.717, 1.165) is 36.2 Å². The summed E-state index contributed by atoms with van der Waals surface area (Å²) in [5, 5.41) is 2.94. The summed E-state index contributed by atoms with van der Waals surface area (Å²) in [4.78, 5) is 26.5. The van der Waals surface area contributed by atoms with Crippen LogP contribution in [0, 0.1) is 5.92 Å². The molecule has 5 heteroatoms. The Hall–Kier alpha value is -2.27. The van der Waals surface area contributed by atoms with E-state index in [9.17, 15) is 9.59 Å². The summed E-state index contributed by atoms with van der Waals surface area (Å²) in [6.45, 7) is 2.11. The Kier molecular flexibility index (Phi) is 4.72. The first-order valence-electron chi connectivity index (χ1n) is 9.09. The number of hydrogen-bond donors (Lipinski definition) is 1. The molecule has 0 aromatic heterocycles. The van der Waals surface area contributed by atoms with Gasteiger partial charge in [-0.1, -0.05) is 31.2 Å². The number of nitrogens with zero attached hydrogens (tertiary/aromatic N) is 1. The van der Waals surface area contributed by atoms with Crippen LogP contribution in [-0.2, 0) is 16.0 Å². The molecule has 134 valence electrons. The average molecular weight is 366 g/mol. The molecule has 2 fully saturated rings. The van der Waals surface area contributed by atoms with Gasteiger partial charge in [0.05, 0.1) is 5.75 Å². The summed E-state index contributed by atoms with van der Waals surface area (Å²) in [5.74, 6) is 0.875. The molecule has 0 radical (unpaired) electrons. The number of carbonyl (C=O) groups is 2. The third-order valence-corrected chi connectivity index (χ3v) is 6.06. The summed E-state index contributed by atoms with van der Waals surface area (Å²) in [6.07, 6.45) is 2.91. The van der Waals surface area contributed by atoms with Crippen LogP contribution in [0.1, 0.15) is 36.3 Å². The number of nitrogens with one attached hydrogen (secondary N) is 1. The van der Waals surface area contributed by atoms with Gasteiger partial charge >= 0.3 is 0 Å². The third kappa shape index (κ3) is 3.49. The van der Waals surface area contributed by atoms with Gasteiger partial charge in [0, 0.05) is 17.3 Å². The lowest BCUT2D eigenvalue weighted by Crippen LogP contribution is -2.28. The molecule has 1 saturated heterocycles. The van der Waals surface area contributed by atoms with Gasteiger partial charge in [-0.15, -0.1) is 11.8 Å². The van der Waals surface area contributed by atoms with Gasteiger partial charge in [0.25, 0.3) is 0 Å². The molecule has 4 nitrogen and oxygen atoms in total. The van der Waals surface area contributed by atoms with Crippen molar-refractivity contribution in [2.24, 2.45) is 5.92 Å². The largest absolute Gasteiger partial charge is 0.326 e. The lowest BCUT2D eigenvalue weighted by Gasteiger charge is -2.25. The van der Waals surface area contributed by atoms with Crippen molar-refractivity contribution >= 4 is 35.0 Å². The predicted molar refractivity (Wildman–Crippen MR) is 106 cm³/mol. The van der Waals surface area contributed by atoms with Gasteiger partial charge < -0.3 is 5.32 Å². The highest BCUT2D eigenvalue weighted by molar-refractivity contribution is 8.00. The van der Waals surface area contributed by atoms with Crippen molar-refractivity contribution < 1.29 is 9.59 Å². The van der Waals surface area contributed by atoms with E-state index in [0.29, 0.717) is 5.75 Å². The molecule has 2 aromatic rings. The van der Waals surface area contributed by atoms with Crippen LogP contribution >= 0.6 is 11.8 Å². The highest BCUT2D eigenvalue weighted by Crippen LogP contribution is 2.42. The van der Waals surface area contributed by atoms with Crippen molar-refractivity contribution in [3.05, 3.63) is 59.7 Å². The molecule has 2 aliphatic rings. The first kappa shape index (κ1) is 17.2. The van der Waals surface area contributed by atoms with Crippen LogP contribution in [0.3, 0.4) is 0 Å². The van der Waals surface area contributed by atoms with E-state index in [2.05, 4.69) is 24.4 Å². The Morgan fingerprint density at radius 3 is 2.77 bits per heavy atom. The molecule has 1 heterocycles. The van der Waals surface area contributed by atoms with Gasteiger partial charge in [-0.25, -0.2) is 0 Å². The number of rotatable bonds is 5. The Morgan fingerprint density at radius 1 is 1.19 bits per heavy atom. The Bertz CT molecular complexity index is 847. The van der Waals surface area contributed by atoms with Crippen LogP contribution < -0.4 is 10.2 Å². The van der Waals surface area contributed by atoms with E-state index in [1.165, 1.54) is 5.56 Å². The Labute approximate surface area is 158 Å². The fourth-order valence-corrected chi connectivity index (χ4v) is 4.40. The number of amides is 2. The number of aryl methyl sites for hydroxylation is 1. The molecular formula is C21H22N2O2S. The second-order valence-corrected chi connectivity index (χ2v) is 7.91. The maximum Gasteiger partial charge on any atom is 0.238 e. The highest BCUT2D eigenvalue weighted by Gasteiger charge is 2.34. The van der Waals surface area contributed by atoms with E-state index in [4.69, 9.17) is 0 Å². The average Bonchev–Trinajstić information content (AvgIpc) is 3.44. The van der Waals surface area contributed by atoms with Crippen LogP contribution in [0.2, 0.25) is 0 Å². The molecular weight excluding hydrogens is 344 g/mol. The minimum absolute atomic E-state index is 0.0626. The van der Waals surface area contributed by atoms with Crippen LogP contribution in [0.5, 0.6) is 0 Å². The molecule has 4 rings (SSSR count). The smallest absolute Gasteiger partial charge is 0.238 e. The van der Waals surface area contributed by atoms with Gasteiger partial charge in [0.2, 0.25) is 11.8 Å². The standard InChI is InChI=1S/C21H22N2O2S/c1-2-14-5-3-8-18(11-14)23-19(24)13-26-21(23)16-6-4-7-17(12-16)22-20(25)15-9-10-15/h3-8,11-12,15,21H,2,9-10,13H2,1H3,(H,22,25)/t21-/m1/s1. The van der Waals surface area contributed by atoms with Crippen LogP contribution in [-0.4, -0.2) is 17.6 Å². The highest BCUT2D eigenvalue weighted by atomic mass is 32.2. The zero-order valence-electron chi connectivity index (χ0n) is 14.8. The number of anilines is 2. The van der Waals surface area contributed by atoms with Gasteiger partial charge in [0.15, 0.2) is 0 Å². The van der Waals surface area contributed by atoms with Gasteiger partial charge in [-0.3, -0.25) is 14.5 Å². The van der Waals surface area contributed by atoms with Gasteiger partial charge in [0.1, 0.15) is 5.37 Å². The second-order valence-electron chi connectivity index (χ2n) is 6.84. The van der Waals surface area contributed by atoms with Crippen molar-refractivity contribution in [1.82, 2.24) is 0 Å². The topological polar surface area (TPSA) is 49.4 Å². The quantitative estimate of drug-likeness (QED) is 0.854. The molecule has 1 atom stereocenters. The van der Waals surface area contributed by atoms with Crippen molar-refractivity contribution in [2.45, 2.75) is 31.6 Å². The van der Waals surface area contributed by atoms with Gasteiger partial charge in [-0.05, 0) is 54.7 Å². The van der Waals surface area contributed by atoms with Crippen molar-refractivity contribution in [2.75, 3.05) is 16.0 Å². The van der Waals surface area contributed by atoms with E-state index in [1.54, 1.807) is 11.8 Å². The number of benzene rings is 2. The zero-order valence-corrected chi connectivity index (χ0v) is 15.6. The molecule has 1 N–H and O–H groups in total. The Morgan fingerprint density at radius 2 is 2.00 bits per heavy atom. The minimum Gasteiger partial charge on any atom is -0.326 e. The maximum atomic E-state index is 12.6. The first-order chi connectivity index (χ1) is 12.7. The molecule has 0 bridgehead atoms. The molecule has 2 aromatic carbocycles. The lowest BCUT2D eigenvalue weighted by atomic mass is 10.1. The van der Waals surface area contributed by atoms with E-state index in [1.807, 2.05) is 41.3 Å². The number of thioether (sulfide) groups is 1. The molecule has 2 amide bonds. The van der Waals surface area contributed by atoms with Crippen LogP contribution in [0.25, 0.3) is 0 Å². The summed E-state index contributed by atoms with van der Waals surface area (Å²) in [7, 11) is 0. The number of carbonyl (C=O) groups excluding carboxylic acids is 2. The molecule has 1 aliphatic carbocycles.